The Morgan fingerprint density at radius 2 is 0.815 bits per heavy atom. The first kappa shape index (κ1) is 95.4. The Morgan fingerprint density at radius 3 is 1.33 bits per heavy atom. The van der Waals surface area contributed by atoms with E-state index >= 15 is 0 Å². The number of nitrogens with zero attached hydrogens (tertiary/aromatic N) is 8. The summed E-state index contributed by atoms with van der Waals surface area (Å²) < 4.78 is 212. The Labute approximate surface area is 790 Å². The van der Waals surface area contributed by atoms with Crippen LogP contribution in [-0.2, 0) is 74.3 Å². The average Bonchev–Trinajstić information content (AvgIpc) is 0.736. The lowest BCUT2D eigenvalue weighted by Gasteiger charge is -2.35. The fourth-order valence-corrected chi connectivity index (χ4v) is 21.3. The first-order chi connectivity index (χ1) is 64.5. The standard InChI is InChI=1S/C17H16ClN3O3S.C17H15N3O2S.C16H13Cl2N3O2S.C16H13F2N3O3S.C16H13N3O2S.C10H9N3O2S/c1-11-14(18)6-3-7-15(11)20-25(22,23)21-16-10-13(24-2)9-12-5-4-8-19-17(12)16;1-20-17(13-6-3-2-4-7-13)14-10-9-12-8-5-11-18-15(12)16(14)19-23(20,21)22;1-10-12(17)5-2-6-14(10)20-24(22,23)21-15-8-7-13(18)11-4-3-9-19-16(11)15;1-24-11-8-10-4-3-7-19-15(10)14(9-11)20-25(22,23)21-16-12(17)5-2-6-13(16)18;20-22(21)18-16-13(9-8-12-5-4-10-17-15(12)16)11-19(22)14-6-2-1-3-7-14;14-16(15)12-6-8-4-3-7-2-1-5-11-9(7)10(8)13-16/h3-10,20-21H,1-2H3;2-11,17,19H,1H3;2-9,20-21H,1H3;2-9,20-21H,1H3;1-10,18H,11H2;1-5,12-13H,6H2. The van der Waals surface area contributed by atoms with E-state index in [0.717, 1.165) is 62.0 Å². The number of benzene rings is 11. The van der Waals surface area contributed by atoms with Gasteiger partial charge in [0.25, 0.3) is 10.2 Å². The molecule has 692 valence electrons. The molecular formula is C92H79Cl3F2N18O14S6. The third kappa shape index (κ3) is 22.4. The molecule has 0 aliphatic carbocycles. The Bertz CT molecular complexity index is 8150. The van der Waals surface area contributed by atoms with Crippen LogP contribution in [0.25, 0.3) is 65.4 Å². The molecule has 9 heterocycles. The van der Waals surface area contributed by atoms with E-state index in [-0.39, 0.29) is 11.7 Å². The second kappa shape index (κ2) is 40.3. The van der Waals surface area contributed by atoms with Gasteiger partial charge in [-0.3, -0.25) is 72.4 Å². The van der Waals surface area contributed by atoms with Crippen molar-refractivity contribution in [2.75, 3.05) is 68.1 Å². The van der Waals surface area contributed by atoms with Crippen molar-refractivity contribution >= 4 is 218 Å². The molecule has 43 heteroatoms. The quantitative estimate of drug-likeness (QED) is 0.0429. The molecular weight excluding hydrogens is 1920 g/mol. The summed E-state index contributed by atoms with van der Waals surface area (Å²) in [6.07, 6.45) is 9.66. The maximum Gasteiger partial charge on any atom is 0.324 e. The highest BCUT2D eigenvalue weighted by Gasteiger charge is 2.38. The Morgan fingerprint density at radius 1 is 0.393 bits per heavy atom. The summed E-state index contributed by atoms with van der Waals surface area (Å²) in [7, 11) is -18.2. The smallest absolute Gasteiger partial charge is 0.324 e. The fourth-order valence-electron chi connectivity index (χ4n) is 14.4. The van der Waals surface area contributed by atoms with Gasteiger partial charge in [0.15, 0.2) is 0 Å². The average molecular weight is 2000 g/mol. The number of para-hydroxylation sites is 2. The summed E-state index contributed by atoms with van der Waals surface area (Å²) in [6, 6.07) is 74.5. The molecule has 32 nitrogen and oxygen atoms in total. The number of aromatic nitrogens is 6. The second-order valence-corrected chi connectivity index (χ2v) is 40.1. The number of fused-ring (bicyclic) bond motifs is 12. The number of methoxy groups -OCH3 is 2. The van der Waals surface area contributed by atoms with Crippen molar-refractivity contribution in [3.63, 3.8) is 0 Å². The topological polar surface area (TPSA) is 427 Å². The summed E-state index contributed by atoms with van der Waals surface area (Å²) in [5.41, 5.74) is 11.5. The molecule has 0 saturated heterocycles. The van der Waals surface area contributed by atoms with Crippen LogP contribution in [0.3, 0.4) is 0 Å². The van der Waals surface area contributed by atoms with Gasteiger partial charge in [-0.05, 0) is 157 Å². The van der Waals surface area contributed by atoms with E-state index in [2.05, 4.69) is 72.4 Å². The van der Waals surface area contributed by atoms with Crippen molar-refractivity contribution in [1.82, 2.24) is 38.9 Å². The van der Waals surface area contributed by atoms with Gasteiger partial charge in [0.2, 0.25) is 0 Å². The van der Waals surface area contributed by atoms with Gasteiger partial charge >= 0.3 is 51.0 Å². The van der Waals surface area contributed by atoms with E-state index in [1.54, 1.807) is 161 Å². The van der Waals surface area contributed by atoms with Gasteiger partial charge in [0.05, 0.1) is 116 Å². The van der Waals surface area contributed by atoms with Crippen molar-refractivity contribution in [2.24, 2.45) is 0 Å². The fraction of sp³-hybridized carbons (Fsp3) is 0.0870. The molecule has 17 aromatic rings. The van der Waals surface area contributed by atoms with Crippen molar-refractivity contribution in [3.05, 3.63) is 358 Å². The third-order valence-corrected chi connectivity index (χ3v) is 28.9. The van der Waals surface area contributed by atoms with Crippen LogP contribution in [0, 0.1) is 25.5 Å². The van der Waals surface area contributed by atoms with Gasteiger partial charge in [-0.15, -0.1) is 0 Å². The predicted octanol–water partition coefficient (Wildman–Crippen LogP) is 18.7. The number of ether oxygens (including phenoxy) is 2. The van der Waals surface area contributed by atoms with Gasteiger partial charge in [0, 0.05) is 111 Å². The molecule has 0 amide bonds. The molecule has 3 aliphatic rings. The molecule has 135 heavy (non-hydrogen) atoms. The molecule has 3 aliphatic heterocycles. The van der Waals surface area contributed by atoms with E-state index < -0.39 is 78.6 Å². The van der Waals surface area contributed by atoms with Gasteiger partial charge in [0.1, 0.15) is 28.8 Å². The Hall–Kier alpha value is -14.2. The number of nitrogens with one attached hydrogen (secondary N) is 10. The molecule has 1 atom stereocenters. The van der Waals surface area contributed by atoms with Crippen molar-refractivity contribution in [2.45, 2.75) is 33.0 Å². The minimum absolute atomic E-state index is 0.110. The molecule has 0 bridgehead atoms. The molecule has 1 unspecified atom stereocenters. The zero-order valence-electron chi connectivity index (χ0n) is 71.4. The van der Waals surface area contributed by atoms with Gasteiger partial charge in [-0.1, -0.05) is 168 Å². The van der Waals surface area contributed by atoms with Crippen molar-refractivity contribution < 1.29 is 68.8 Å². The highest BCUT2D eigenvalue weighted by molar-refractivity contribution is 7.95. The lowest BCUT2D eigenvalue weighted by atomic mass is 9.96. The number of anilines is 10. The number of rotatable bonds is 16. The Balaban J connectivity index is 0.000000124. The third-order valence-electron chi connectivity index (χ3n) is 21.0. The van der Waals surface area contributed by atoms with Gasteiger partial charge in [-0.2, -0.15) is 59.5 Å². The van der Waals surface area contributed by atoms with E-state index in [1.165, 1.54) is 35.1 Å². The minimum Gasteiger partial charge on any atom is -0.497 e. The highest BCUT2D eigenvalue weighted by Crippen LogP contribution is 2.44. The van der Waals surface area contributed by atoms with Crippen LogP contribution in [0.4, 0.5) is 65.7 Å². The lowest BCUT2D eigenvalue weighted by molar-refractivity contribution is 0.415. The zero-order valence-corrected chi connectivity index (χ0v) is 78.6. The predicted molar refractivity (Wildman–Crippen MR) is 529 cm³/mol. The number of pyridine rings is 6. The van der Waals surface area contributed by atoms with Crippen LogP contribution in [0.2, 0.25) is 15.1 Å². The van der Waals surface area contributed by atoms with Crippen LogP contribution in [0.1, 0.15) is 39.4 Å². The summed E-state index contributed by atoms with van der Waals surface area (Å²) in [5, 5.41) is 6.27. The molecule has 0 spiro atoms. The molecule has 6 aromatic heterocycles. The number of hydrogen-bond acceptors (Lipinski definition) is 20. The van der Waals surface area contributed by atoms with E-state index in [4.69, 9.17) is 44.3 Å². The second-order valence-electron chi connectivity index (χ2n) is 29.8. The molecule has 11 aromatic carbocycles. The summed E-state index contributed by atoms with van der Waals surface area (Å²) in [4.78, 5) is 25.5. The van der Waals surface area contributed by atoms with Crippen LogP contribution >= 0.6 is 34.8 Å². The number of hydrogen-bond donors (Lipinski definition) is 10. The van der Waals surface area contributed by atoms with E-state index in [9.17, 15) is 59.3 Å². The summed E-state index contributed by atoms with van der Waals surface area (Å²) >= 11 is 18.2. The monoisotopic (exact) mass is 1990 g/mol. The minimum atomic E-state index is -4.32. The lowest BCUT2D eigenvalue weighted by Crippen LogP contribution is -2.40. The van der Waals surface area contributed by atoms with Gasteiger partial charge < -0.3 is 9.47 Å². The molecule has 20 rings (SSSR count). The normalized spacial score (nSPS) is 14.4. The Kier molecular flexibility index (Phi) is 28.5. The summed E-state index contributed by atoms with van der Waals surface area (Å²) in [5.74, 6) is -1.13. The summed E-state index contributed by atoms with van der Waals surface area (Å²) in [6.45, 7) is 4.07. The SMILES string of the molecule is CN1C(c2ccccc2)c2ccc3cccnc3c2NS1(=O)=O.COc1cc(NS(=O)(=O)Nc2c(F)cccc2F)c2ncccc2c1.COc1cc(NS(=O)(=O)Nc2cccc(Cl)c2C)c2ncccc2c1.Cc1c(Cl)cccc1NS(=O)(=O)Nc1ccc(Cl)c2cccnc12.O=S1(=O)NCc2ccc3cccnc3c2N1.O=S1(=O)Nc2c(ccc3cccnc23)CN1c1ccccc1. The maximum absolute atomic E-state index is 13.7. The number of halogens is 5. The van der Waals surface area contributed by atoms with Crippen LogP contribution in [0.5, 0.6) is 11.5 Å². The molecule has 10 N–H and O–H groups in total. The van der Waals surface area contributed by atoms with E-state index in [0.29, 0.717) is 140 Å². The first-order valence-electron chi connectivity index (χ1n) is 40.3. The van der Waals surface area contributed by atoms with Crippen LogP contribution in [0.15, 0.2) is 298 Å². The maximum atomic E-state index is 13.7. The van der Waals surface area contributed by atoms with Crippen molar-refractivity contribution in [3.8, 4) is 11.5 Å². The first-order valence-corrected chi connectivity index (χ1v) is 50.3. The molecule has 0 saturated carbocycles. The molecule has 0 fully saturated rings. The van der Waals surface area contributed by atoms with Crippen LogP contribution < -0.4 is 61.0 Å². The highest BCUT2D eigenvalue weighted by atomic mass is 35.5. The zero-order chi connectivity index (χ0) is 95.7. The van der Waals surface area contributed by atoms with Gasteiger partial charge in [-0.25, -0.2) is 13.1 Å². The van der Waals surface area contributed by atoms with Crippen LogP contribution in [-0.4, -0.2) is 106 Å². The van der Waals surface area contributed by atoms with E-state index in [1.807, 2.05) is 132 Å². The largest absolute Gasteiger partial charge is 0.497 e. The van der Waals surface area contributed by atoms with Crippen molar-refractivity contribution in [1.29, 1.82) is 0 Å². The molecule has 0 radical (unpaired) electrons.